The van der Waals surface area contributed by atoms with Crippen LogP contribution in [0, 0.1) is 5.82 Å². The molecule has 25 heavy (non-hydrogen) atoms. The van der Waals surface area contributed by atoms with Crippen molar-refractivity contribution in [3.05, 3.63) is 35.6 Å². The number of hydrogen-bond acceptors (Lipinski definition) is 6. The van der Waals surface area contributed by atoms with Crippen LogP contribution in [-0.2, 0) is 25.4 Å². The van der Waals surface area contributed by atoms with Crippen molar-refractivity contribution in [2.75, 3.05) is 6.54 Å². The Bertz CT molecular complexity index is 611. The van der Waals surface area contributed by atoms with E-state index in [0.717, 1.165) is 5.56 Å². The zero-order valence-corrected chi connectivity index (χ0v) is 14.9. The van der Waals surface area contributed by atoms with Crippen molar-refractivity contribution in [1.82, 2.24) is 5.32 Å². The highest BCUT2D eigenvalue weighted by Gasteiger charge is 2.41. The zero-order valence-electron chi connectivity index (χ0n) is 14.9. The predicted molar refractivity (Wildman–Crippen MR) is 88.6 cm³/mol. The van der Waals surface area contributed by atoms with Gasteiger partial charge in [0, 0.05) is 13.5 Å². The molecule has 1 aromatic rings. The smallest absolute Gasteiger partial charge is 0.457 e. The molecule has 1 saturated heterocycles. The van der Waals surface area contributed by atoms with Crippen LogP contribution in [0.5, 0.6) is 0 Å². The first-order chi connectivity index (χ1) is 11.6. The normalized spacial score (nSPS) is 23.2. The molecule has 1 aliphatic heterocycles. The summed E-state index contributed by atoms with van der Waals surface area (Å²) < 4.78 is 28.9. The quantitative estimate of drug-likeness (QED) is 0.839. The third kappa shape index (κ3) is 6.01. The first-order valence-corrected chi connectivity index (χ1v) is 8.19. The zero-order chi connectivity index (χ0) is 18.6. The van der Waals surface area contributed by atoms with Crippen LogP contribution < -0.4 is 5.32 Å². The van der Waals surface area contributed by atoms with Gasteiger partial charge in [0.1, 0.15) is 11.4 Å². The fraction of sp³-hybridized carbons (Fsp3) is 0.556. The lowest BCUT2D eigenvalue weighted by Gasteiger charge is -2.25. The summed E-state index contributed by atoms with van der Waals surface area (Å²) in [4.78, 5) is 23.3. The second-order valence-corrected chi connectivity index (χ2v) is 7.04. The molecule has 1 heterocycles. The van der Waals surface area contributed by atoms with E-state index in [0.29, 0.717) is 13.0 Å². The average molecular weight is 353 g/mol. The molecular formula is C18H24FNO5. The number of rotatable bonds is 4. The van der Waals surface area contributed by atoms with Crippen LogP contribution in [-0.4, -0.2) is 42.5 Å². The molecule has 0 amide bonds. The van der Waals surface area contributed by atoms with E-state index in [-0.39, 0.29) is 11.9 Å². The van der Waals surface area contributed by atoms with Crippen LogP contribution in [0.1, 0.15) is 33.3 Å². The van der Waals surface area contributed by atoms with Crippen molar-refractivity contribution in [2.45, 2.75) is 58.0 Å². The number of carbonyl (C=O) groups excluding carboxylic acids is 2. The number of hydrogen-bond donors (Lipinski definition) is 1. The third-order valence-electron chi connectivity index (χ3n) is 3.65. The van der Waals surface area contributed by atoms with Gasteiger partial charge in [-0.3, -0.25) is 4.79 Å². The molecule has 138 valence electrons. The average Bonchev–Trinajstić information content (AvgIpc) is 2.81. The van der Waals surface area contributed by atoms with Crippen molar-refractivity contribution in [2.24, 2.45) is 0 Å². The summed E-state index contributed by atoms with van der Waals surface area (Å²) in [5, 5.41) is 3.19. The molecule has 6 nitrogen and oxygen atoms in total. The number of halogens is 1. The molecule has 0 saturated carbocycles. The monoisotopic (exact) mass is 353 g/mol. The SMILES string of the molecule is CC(=O)O[C@@H]1[C@@H](OC(=O)OC(C)(C)C)CN[C@@H]1Cc1ccc(F)cc1. The van der Waals surface area contributed by atoms with Gasteiger partial charge in [-0.25, -0.2) is 9.18 Å². The van der Waals surface area contributed by atoms with Crippen LogP contribution in [0.15, 0.2) is 24.3 Å². The number of benzene rings is 1. The predicted octanol–water partition coefficient (Wildman–Crippen LogP) is 2.59. The second-order valence-electron chi connectivity index (χ2n) is 7.04. The van der Waals surface area contributed by atoms with Crippen molar-refractivity contribution in [1.29, 1.82) is 0 Å². The molecule has 1 fully saturated rings. The van der Waals surface area contributed by atoms with E-state index in [2.05, 4.69) is 5.32 Å². The number of carbonyl (C=O) groups is 2. The minimum Gasteiger partial charge on any atom is -0.457 e. The minimum absolute atomic E-state index is 0.248. The van der Waals surface area contributed by atoms with Gasteiger partial charge in [0.05, 0.1) is 6.04 Å². The van der Waals surface area contributed by atoms with Gasteiger partial charge in [-0.2, -0.15) is 0 Å². The van der Waals surface area contributed by atoms with E-state index in [1.807, 2.05) is 0 Å². The molecule has 7 heteroatoms. The molecule has 0 radical (unpaired) electrons. The van der Waals surface area contributed by atoms with Gasteiger partial charge in [-0.1, -0.05) is 12.1 Å². The molecule has 1 N–H and O–H groups in total. The third-order valence-corrected chi connectivity index (χ3v) is 3.65. The fourth-order valence-corrected chi connectivity index (χ4v) is 2.68. The molecule has 3 atom stereocenters. The van der Waals surface area contributed by atoms with Gasteiger partial charge < -0.3 is 19.5 Å². The van der Waals surface area contributed by atoms with Crippen molar-refractivity contribution < 1.29 is 28.2 Å². The van der Waals surface area contributed by atoms with Gasteiger partial charge in [0.2, 0.25) is 0 Å². The lowest BCUT2D eigenvalue weighted by atomic mass is 10.0. The molecule has 2 rings (SSSR count). The van der Waals surface area contributed by atoms with Crippen molar-refractivity contribution in [3.8, 4) is 0 Å². The summed E-state index contributed by atoms with van der Waals surface area (Å²) in [6, 6.07) is 5.84. The van der Waals surface area contributed by atoms with E-state index in [1.54, 1.807) is 32.9 Å². The first kappa shape index (κ1) is 19.2. The molecule has 0 unspecified atom stereocenters. The maximum atomic E-state index is 13.0. The maximum absolute atomic E-state index is 13.0. The first-order valence-electron chi connectivity index (χ1n) is 8.19. The summed E-state index contributed by atoms with van der Waals surface area (Å²) in [5.74, 6) is -0.776. The van der Waals surface area contributed by atoms with Crippen LogP contribution in [0.3, 0.4) is 0 Å². The van der Waals surface area contributed by atoms with Crippen LogP contribution in [0.2, 0.25) is 0 Å². The number of nitrogens with one attached hydrogen (secondary N) is 1. The van der Waals surface area contributed by atoms with E-state index in [4.69, 9.17) is 14.2 Å². The highest BCUT2D eigenvalue weighted by molar-refractivity contribution is 5.66. The Morgan fingerprint density at radius 3 is 2.40 bits per heavy atom. The minimum atomic E-state index is -0.807. The van der Waals surface area contributed by atoms with E-state index in [1.165, 1.54) is 19.1 Å². The Balaban J connectivity index is 2.04. The van der Waals surface area contributed by atoms with Crippen molar-refractivity contribution in [3.63, 3.8) is 0 Å². The molecule has 0 aromatic heterocycles. The van der Waals surface area contributed by atoms with Gasteiger partial charge in [-0.15, -0.1) is 0 Å². The molecule has 1 aromatic carbocycles. The lowest BCUT2D eigenvalue weighted by molar-refractivity contribution is -0.152. The fourth-order valence-electron chi connectivity index (χ4n) is 2.68. The molecule has 0 bridgehead atoms. The van der Waals surface area contributed by atoms with Crippen LogP contribution in [0.25, 0.3) is 0 Å². The van der Waals surface area contributed by atoms with Gasteiger partial charge in [0.25, 0.3) is 0 Å². The summed E-state index contributed by atoms with van der Waals surface area (Å²) in [6.07, 6.45) is -1.59. The number of ether oxygens (including phenoxy) is 3. The van der Waals surface area contributed by atoms with Gasteiger partial charge in [-0.05, 0) is 44.9 Å². The van der Waals surface area contributed by atoms with E-state index >= 15 is 0 Å². The Labute approximate surface area is 146 Å². The van der Waals surface area contributed by atoms with Crippen LogP contribution in [0.4, 0.5) is 9.18 Å². The maximum Gasteiger partial charge on any atom is 0.509 e. The second kappa shape index (κ2) is 7.82. The summed E-state index contributed by atoms with van der Waals surface area (Å²) >= 11 is 0. The summed E-state index contributed by atoms with van der Waals surface area (Å²) in [7, 11) is 0. The van der Waals surface area contributed by atoms with Crippen molar-refractivity contribution >= 4 is 12.1 Å². The van der Waals surface area contributed by atoms with E-state index in [9.17, 15) is 14.0 Å². The molecule has 1 aliphatic rings. The molecule has 0 spiro atoms. The Kier molecular flexibility index (Phi) is 6.00. The Morgan fingerprint density at radius 2 is 1.84 bits per heavy atom. The summed E-state index contributed by atoms with van der Waals surface area (Å²) in [5.41, 5.74) is 0.210. The largest absolute Gasteiger partial charge is 0.509 e. The van der Waals surface area contributed by atoms with E-state index < -0.39 is 29.9 Å². The highest BCUT2D eigenvalue weighted by Crippen LogP contribution is 2.21. The Morgan fingerprint density at radius 1 is 1.20 bits per heavy atom. The van der Waals surface area contributed by atoms with Crippen LogP contribution >= 0.6 is 0 Å². The molecular weight excluding hydrogens is 329 g/mol. The number of esters is 1. The topological polar surface area (TPSA) is 73.9 Å². The molecule has 0 aliphatic carbocycles. The van der Waals surface area contributed by atoms with Gasteiger partial charge >= 0.3 is 12.1 Å². The standard InChI is InChI=1S/C18H24FNO5/c1-11(21)23-16-14(9-12-5-7-13(19)8-6-12)20-10-15(16)24-17(22)25-18(2,3)4/h5-8,14-16,20H,9-10H2,1-4H3/t14-,15+,16+/m1/s1. The Hall–Kier alpha value is -2.15. The lowest BCUT2D eigenvalue weighted by Crippen LogP contribution is -2.40. The van der Waals surface area contributed by atoms with Gasteiger partial charge in [0.15, 0.2) is 12.2 Å². The highest BCUT2D eigenvalue weighted by atomic mass is 19.1. The summed E-state index contributed by atoms with van der Waals surface area (Å²) in [6.45, 7) is 6.85.